The lowest BCUT2D eigenvalue weighted by atomic mass is 10.2. The van der Waals surface area contributed by atoms with Crippen molar-refractivity contribution < 1.29 is 4.79 Å². The molecule has 0 saturated heterocycles. The minimum Gasteiger partial charge on any atom is -0.316 e. The lowest BCUT2D eigenvalue weighted by Crippen LogP contribution is -2.24. The van der Waals surface area contributed by atoms with Gasteiger partial charge in [0.15, 0.2) is 5.65 Å². The third kappa shape index (κ3) is 2.61. The van der Waals surface area contributed by atoms with Crippen molar-refractivity contribution in [2.45, 2.75) is 0 Å². The number of nitrogens with zero attached hydrogens (tertiary/aromatic N) is 3. The highest BCUT2D eigenvalue weighted by atomic mass is 35.5. The fraction of sp³-hybridized carbons (Fsp3) is 0. The van der Waals surface area contributed by atoms with E-state index in [9.17, 15) is 9.59 Å². The summed E-state index contributed by atoms with van der Waals surface area (Å²) >= 11 is 5.76. The first kappa shape index (κ1) is 13.3. The molecule has 7 heteroatoms. The van der Waals surface area contributed by atoms with Gasteiger partial charge in [-0.05, 0) is 24.3 Å². The van der Waals surface area contributed by atoms with Gasteiger partial charge in [0.2, 0.25) is 0 Å². The minimum absolute atomic E-state index is 0.0381. The zero-order chi connectivity index (χ0) is 14.8. The maximum Gasteiger partial charge on any atom is 0.298 e. The number of fused-ring (bicyclic) bond motifs is 1. The van der Waals surface area contributed by atoms with Gasteiger partial charge in [0.05, 0.1) is 6.20 Å². The lowest BCUT2D eigenvalue weighted by Gasteiger charge is -2.05. The van der Waals surface area contributed by atoms with E-state index < -0.39 is 11.5 Å². The molecule has 2 aromatic heterocycles. The molecule has 104 valence electrons. The van der Waals surface area contributed by atoms with Gasteiger partial charge in [-0.15, -0.1) is 0 Å². The summed E-state index contributed by atoms with van der Waals surface area (Å²) < 4.78 is 1.04. The molecule has 3 aromatic rings. The summed E-state index contributed by atoms with van der Waals surface area (Å²) in [4.78, 5) is 28.3. The highest BCUT2D eigenvalue weighted by Gasteiger charge is 2.11. The van der Waals surface area contributed by atoms with Crippen LogP contribution in [-0.4, -0.2) is 20.5 Å². The quantitative estimate of drug-likeness (QED) is 0.785. The van der Waals surface area contributed by atoms with Crippen LogP contribution in [0, 0.1) is 0 Å². The van der Waals surface area contributed by atoms with Gasteiger partial charge in [-0.25, -0.2) is 4.98 Å². The molecule has 0 unspecified atom stereocenters. The van der Waals surface area contributed by atoms with Crippen molar-refractivity contribution in [1.82, 2.24) is 14.6 Å². The molecule has 6 nitrogen and oxygen atoms in total. The van der Waals surface area contributed by atoms with Crippen molar-refractivity contribution in [3.63, 3.8) is 0 Å². The monoisotopic (exact) mass is 300 g/mol. The third-order valence-electron chi connectivity index (χ3n) is 2.82. The molecule has 0 radical (unpaired) electrons. The van der Waals surface area contributed by atoms with E-state index in [-0.39, 0.29) is 10.8 Å². The molecule has 3 rings (SSSR count). The molecule has 2 heterocycles. The van der Waals surface area contributed by atoms with Crippen LogP contribution in [0.4, 0.5) is 5.69 Å². The van der Waals surface area contributed by atoms with E-state index in [2.05, 4.69) is 15.4 Å². The van der Waals surface area contributed by atoms with Crippen LogP contribution in [0.1, 0.15) is 10.4 Å². The van der Waals surface area contributed by atoms with Crippen LogP contribution in [0.3, 0.4) is 0 Å². The van der Waals surface area contributed by atoms with Gasteiger partial charge in [0, 0.05) is 5.56 Å². The van der Waals surface area contributed by atoms with Gasteiger partial charge in [-0.2, -0.15) is 9.61 Å². The number of carbonyl (C=O) groups is 1. The molecule has 0 fully saturated rings. The van der Waals surface area contributed by atoms with E-state index in [1.54, 1.807) is 36.4 Å². The zero-order valence-corrected chi connectivity index (χ0v) is 11.4. The maximum absolute atomic E-state index is 12.2. The average Bonchev–Trinajstić information content (AvgIpc) is 2.51. The first-order valence-electron chi connectivity index (χ1n) is 6.06. The Morgan fingerprint density at radius 2 is 1.90 bits per heavy atom. The first-order chi connectivity index (χ1) is 10.1. The van der Waals surface area contributed by atoms with E-state index in [1.165, 1.54) is 12.3 Å². The van der Waals surface area contributed by atoms with Crippen molar-refractivity contribution in [3.05, 3.63) is 69.7 Å². The highest BCUT2D eigenvalue weighted by Crippen LogP contribution is 2.07. The summed E-state index contributed by atoms with van der Waals surface area (Å²) in [6.07, 6.45) is 1.30. The van der Waals surface area contributed by atoms with E-state index >= 15 is 0 Å². The van der Waals surface area contributed by atoms with Crippen LogP contribution in [0.2, 0.25) is 5.15 Å². The minimum atomic E-state index is -0.494. The molecule has 1 N–H and O–H groups in total. The Morgan fingerprint density at radius 1 is 1.14 bits per heavy atom. The summed E-state index contributed by atoms with van der Waals surface area (Å²) in [7, 11) is 0. The van der Waals surface area contributed by atoms with E-state index in [0.29, 0.717) is 11.2 Å². The second kappa shape index (κ2) is 5.34. The summed E-state index contributed by atoms with van der Waals surface area (Å²) in [5.74, 6) is -0.392. The van der Waals surface area contributed by atoms with Crippen LogP contribution in [-0.2, 0) is 0 Å². The molecule has 0 bridgehead atoms. The highest BCUT2D eigenvalue weighted by molar-refractivity contribution is 6.29. The van der Waals surface area contributed by atoms with E-state index in [1.807, 2.05) is 0 Å². The molecule has 0 aliphatic rings. The molecule has 0 aliphatic carbocycles. The standard InChI is InChI=1S/C14H9ClN4O2/c15-11-6-7-12-16-8-10(14(21)19(12)18-11)17-13(20)9-4-2-1-3-5-9/h1-8H,(H,17,20). The molecule has 21 heavy (non-hydrogen) atoms. The van der Waals surface area contributed by atoms with E-state index in [0.717, 1.165) is 4.52 Å². The molecule has 0 spiro atoms. The van der Waals surface area contributed by atoms with Gasteiger partial charge in [0.25, 0.3) is 11.5 Å². The number of hydrogen-bond acceptors (Lipinski definition) is 4. The Morgan fingerprint density at radius 3 is 2.67 bits per heavy atom. The van der Waals surface area contributed by atoms with Gasteiger partial charge in [-0.1, -0.05) is 29.8 Å². The number of benzene rings is 1. The normalized spacial score (nSPS) is 10.5. The van der Waals surface area contributed by atoms with Gasteiger partial charge < -0.3 is 5.32 Å². The molecule has 0 atom stereocenters. The summed E-state index contributed by atoms with van der Waals surface area (Å²) in [6.45, 7) is 0. The number of nitrogens with one attached hydrogen (secondary N) is 1. The number of amides is 1. The number of halogens is 1. The van der Waals surface area contributed by atoms with Crippen LogP contribution < -0.4 is 10.9 Å². The van der Waals surface area contributed by atoms with Gasteiger partial charge >= 0.3 is 0 Å². The second-order valence-corrected chi connectivity index (χ2v) is 4.61. The third-order valence-corrected chi connectivity index (χ3v) is 3.02. The Kier molecular flexibility index (Phi) is 3.37. The number of hydrogen-bond donors (Lipinski definition) is 1. The molecular formula is C14H9ClN4O2. The first-order valence-corrected chi connectivity index (χ1v) is 6.44. The zero-order valence-electron chi connectivity index (χ0n) is 10.7. The second-order valence-electron chi connectivity index (χ2n) is 4.22. The summed E-state index contributed by atoms with van der Waals surface area (Å²) in [6, 6.07) is 11.7. The van der Waals surface area contributed by atoms with Crippen molar-refractivity contribution in [2.24, 2.45) is 0 Å². The van der Waals surface area contributed by atoms with E-state index in [4.69, 9.17) is 11.6 Å². The Balaban J connectivity index is 2.00. The maximum atomic E-state index is 12.2. The topological polar surface area (TPSA) is 76.4 Å². The predicted molar refractivity (Wildman–Crippen MR) is 78.7 cm³/mol. The molecule has 1 amide bonds. The Labute approximate surface area is 124 Å². The van der Waals surface area contributed by atoms with Crippen LogP contribution in [0.25, 0.3) is 5.65 Å². The average molecular weight is 301 g/mol. The SMILES string of the molecule is O=C(Nc1cnc2ccc(Cl)nn2c1=O)c1ccccc1. The van der Waals surface area contributed by atoms with Crippen molar-refractivity contribution in [3.8, 4) is 0 Å². The Bertz CT molecular complexity index is 877. The molecule has 0 aliphatic heterocycles. The molecule has 1 aromatic carbocycles. The summed E-state index contributed by atoms with van der Waals surface area (Å²) in [5.41, 5.74) is 0.339. The van der Waals surface area contributed by atoms with Crippen molar-refractivity contribution in [2.75, 3.05) is 5.32 Å². The van der Waals surface area contributed by atoms with Gasteiger partial charge in [-0.3, -0.25) is 9.59 Å². The number of carbonyl (C=O) groups excluding carboxylic acids is 1. The number of anilines is 1. The molecule has 0 saturated carbocycles. The number of rotatable bonds is 2. The fourth-order valence-corrected chi connectivity index (χ4v) is 1.95. The Hall–Kier alpha value is -2.73. The smallest absolute Gasteiger partial charge is 0.298 e. The van der Waals surface area contributed by atoms with Crippen molar-refractivity contribution in [1.29, 1.82) is 0 Å². The fourth-order valence-electron chi connectivity index (χ4n) is 1.81. The largest absolute Gasteiger partial charge is 0.316 e. The summed E-state index contributed by atoms with van der Waals surface area (Å²) in [5, 5.41) is 6.56. The predicted octanol–water partition coefficient (Wildman–Crippen LogP) is 2.00. The molecular weight excluding hydrogens is 292 g/mol. The van der Waals surface area contributed by atoms with Crippen LogP contribution in [0.5, 0.6) is 0 Å². The lowest BCUT2D eigenvalue weighted by molar-refractivity contribution is 0.102. The van der Waals surface area contributed by atoms with Crippen LogP contribution >= 0.6 is 11.6 Å². The van der Waals surface area contributed by atoms with Gasteiger partial charge in [0.1, 0.15) is 10.8 Å². The van der Waals surface area contributed by atoms with Crippen LogP contribution in [0.15, 0.2) is 53.5 Å². The van der Waals surface area contributed by atoms with Crippen molar-refractivity contribution >= 4 is 28.8 Å². The number of aromatic nitrogens is 3.